The van der Waals surface area contributed by atoms with Crippen molar-refractivity contribution in [2.45, 2.75) is 38.0 Å². The maximum atomic E-state index is 14.2. The Bertz CT molecular complexity index is 2060. The minimum absolute atomic E-state index is 0.110. The van der Waals surface area contributed by atoms with Crippen molar-refractivity contribution in [2.24, 2.45) is 7.05 Å². The molecule has 0 aliphatic rings. The van der Waals surface area contributed by atoms with Crippen LogP contribution in [0.4, 0.5) is 0 Å². The first-order valence-electron chi connectivity index (χ1n) is 16.0. The van der Waals surface area contributed by atoms with Gasteiger partial charge >= 0.3 is 11.9 Å². The molecule has 0 atom stereocenters. The number of esters is 2. The first kappa shape index (κ1) is 35.8. The molecule has 0 aliphatic heterocycles. The number of sulfonamides is 1. The second-order valence-corrected chi connectivity index (χ2v) is 13.0. The first-order chi connectivity index (χ1) is 24.1. The van der Waals surface area contributed by atoms with Gasteiger partial charge in [0.15, 0.2) is 5.52 Å². The maximum Gasteiger partial charge on any atom is 0.339 e. The number of nitrogens with one attached hydrogen (secondary N) is 1. The van der Waals surface area contributed by atoms with Crippen molar-refractivity contribution < 1.29 is 32.2 Å². The molecule has 0 saturated carbocycles. The fourth-order valence-corrected chi connectivity index (χ4v) is 6.52. The van der Waals surface area contributed by atoms with Crippen LogP contribution in [0.3, 0.4) is 0 Å². The number of rotatable bonds is 16. The minimum atomic E-state index is -4.33. The van der Waals surface area contributed by atoms with Gasteiger partial charge in [0.1, 0.15) is 30.3 Å². The highest BCUT2D eigenvalue weighted by atomic mass is 32.2. The summed E-state index contributed by atoms with van der Waals surface area (Å²) in [5.74, 6) is -0.933. The van der Waals surface area contributed by atoms with E-state index in [1.165, 1.54) is 59.8 Å². The molecule has 262 valence electrons. The van der Waals surface area contributed by atoms with Gasteiger partial charge < -0.3 is 19.2 Å². The Balaban J connectivity index is 1.48. The topological polar surface area (TPSA) is 189 Å². The summed E-state index contributed by atoms with van der Waals surface area (Å²) in [4.78, 5) is 53.5. The van der Waals surface area contributed by atoms with Crippen LogP contribution >= 0.6 is 0 Å². The number of aromatic amines is 1. The lowest BCUT2D eigenvalue weighted by Crippen LogP contribution is -2.37. The van der Waals surface area contributed by atoms with Crippen LogP contribution in [-0.2, 0) is 33.0 Å². The number of fused-ring (bicyclic) bond motifs is 1. The summed E-state index contributed by atoms with van der Waals surface area (Å²) in [5.41, 5.74) is 1.56. The maximum absolute atomic E-state index is 14.2. The Morgan fingerprint density at radius 2 is 1.54 bits per heavy atom. The third-order valence-corrected chi connectivity index (χ3v) is 9.39. The molecule has 1 N–H and O–H groups in total. The number of H-pyrrole nitrogens is 1. The molecule has 5 aromatic rings. The summed E-state index contributed by atoms with van der Waals surface area (Å²) in [6.45, 7) is 3.11. The molecule has 0 spiro atoms. The normalized spacial score (nSPS) is 11.5. The van der Waals surface area contributed by atoms with Gasteiger partial charge in [0.25, 0.3) is 5.56 Å². The van der Waals surface area contributed by atoms with Gasteiger partial charge in [-0.2, -0.15) is 9.40 Å². The fourth-order valence-electron chi connectivity index (χ4n) is 5.09. The molecule has 15 nitrogen and oxygen atoms in total. The SMILES string of the molecule is CCCOc1ccc(S(=O)(=O)N(CCOC(=O)c2cccnc2)CCOC(=O)c2cccnc2)cc1-c1nc2c(CCC)nn(C)c2c(=O)[nH]1. The van der Waals surface area contributed by atoms with Gasteiger partial charge in [-0.05, 0) is 55.3 Å². The van der Waals surface area contributed by atoms with Crippen molar-refractivity contribution in [3.05, 3.63) is 94.4 Å². The summed E-state index contributed by atoms with van der Waals surface area (Å²) in [6.07, 6.45) is 7.74. The largest absolute Gasteiger partial charge is 0.493 e. The van der Waals surface area contributed by atoms with Crippen LogP contribution in [0.5, 0.6) is 5.75 Å². The zero-order chi connectivity index (χ0) is 35.7. The van der Waals surface area contributed by atoms with Crippen LogP contribution in [0.1, 0.15) is 53.1 Å². The number of nitrogens with zero attached hydrogens (tertiary/aromatic N) is 6. The molecule has 0 saturated heterocycles. The third kappa shape index (κ3) is 8.20. The molecule has 0 amide bonds. The van der Waals surface area contributed by atoms with Crippen molar-refractivity contribution in [3.63, 3.8) is 0 Å². The predicted molar refractivity (Wildman–Crippen MR) is 182 cm³/mol. The highest BCUT2D eigenvalue weighted by Gasteiger charge is 2.28. The average Bonchev–Trinajstić information content (AvgIpc) is 3.45. The smallest absolute Gasteiger partial charge is 0.339 e. The van der Waals surface area contributed by atoms with Crippen LogP contribution < -0.4 is 10.3 Å². The number of aryl methyl sites for hydroxylation is 2. The Morgan fingerprint density at radius 3 is 2.10 bits per heavy atom. The molecular formula is C34H37N7O8S. The monoisotopic (exact) mass is 703 g/mol. The van der Waals surface area contributed by atoms with Gasteiger partial charge in [-0.25, -0.2) is 23.0 Å². The van der Waals surface area contributed by atoms with E-state index in [2.05, 4.69) is 20.1 Å². The molecule has 50 heavy (non-hydrogen) atoms. The van der Waals surface area contributed by atoms with E-state index >= 15 is 0 Å². The molecule has 1 aromatic carbocycles. The van der Waals surface area contributed by atoms with Crippen LogP contribution in [0.15, 0.2) is 76.9 Å². The average molecular weight is 704 g/mol. The number of ether oxygens (including phenoxy) is 3. The van der Waals surface area contributed by atoms with E-state index in [0.29, 0.717) is 41.9 Å². The van der Waals surface area contributed by atoms with E-state index in [4.69, 9.17) is 19.2 Å². The molecule has 0 unspecified atom stereocenters. The van der Waals surface area contributed by atoms with E-state index in [-0.39, 0.29) is 53.7 Å². The number of carbonyl (C=O) groups is 2. The van der Waals surface area contributed by atoms with Gasteiger partial charge in [-0.3, -0.25) is 19.4 Å². The zero-order valence-corrected chi connectivity index (χ0v) is 28.7. The van der Waals surface area contributed by atoms with Crippen molar-refractivity contribution in [2.75, 3.05) is 32.9 Å². The minimum Gasteiger partial charge on any atom is -0.493 e. The summed E-state index contributed by atoms with van der Waals surface area (Å²) < 4.78 is 47.6. The Kier molecular flexibility index (Phi) is 11.7. The van der Waals surface area contributed by atoms with E-state index in [1.54, 1.807) is 19.2 Å². The Morgan fingerprint density at radius 1 is 0.900 bits per heavy atom. The number of aromatic nitrogens is 6. The molecule has 16 heteroatoms. The van der Waals surface area contributed by atoms with Crippen molar-refractivity contribution in [3.8, 4) is 17.1 Å². The lowest BCUT2D eigenvalue weighted by molar-refractivity contribution is 0.0450. The second-order valence-electron chi connectivity index (χ2n) is 11.1. The Hall–Kier alpha value is -5.48. The van der Waals surface area contributed by atoms with Crippen LogP contribution in [0.25, 0.3) is 22.4 Å². The molecule has 0 radical (unpaired) electrons. The summed E-state index contributed by atoms with van der Waals surface area (Å²) >= 11 is 0. The van der Waals surface area contributed by atoms with Crippen molar-refractivity contribution in [1.82, 2.24) is 34.0 Å². The summed E-state index contributed by atoms with van der Waals surface area (Å²) in [5, 5.41) is 4.47. The van der Waals surface area contributed by atoms with Gasteiger partial charge in [-0.1, -0.05) is 20.3 Å². The lowest BCUT2D eigenvalue weighted by Gasteiger charge is -2.23. The van der Waals surface area contributed by atoms with Gasteiger partial charge in [-0.15, -0.1) is 0 Å². The molecule has 0 aliphatic carbocycles. The quantitative estimate of drug-likeness (QED) is 0.147. The predicted octanol–water partition coefficient (Wildman–Crippen LogP) is 3.56. The van der Waals surface area contributed by atoms with Gasteiger partial charge in [0.05, 0.1) is 33.9 Å². The lowest BCUT2D eigenvalue weighted by atomic mass is 10.1. The van der Waals surface area contributed by atoms with Gasteiger partial charge in [0, 0.05) is 44.9 Å². The second kappa shape index (κ2) is 16.3. The number of hydrogen-bond acceptors (Lipinski definition) is 12. The highest BCUT2D eigenvalue weighted by molar-refractivity contribution is 7.89. The number of pyridine rings is 2. The van der Waals surface area contributed by atoms with E-state index < -0.39 is 27.5 Å². The van der Waals surface area contributed by atoms with Crippen LogP contribution in [0, 0.1) is 0 Å². The van der Waals surface area contributed by atoms with Gasteiger partial charge in [0.2, 0.25) is 10.0 Å². The first-order valence-corrected chi connectivity index (χ1v) is 17.5. The van der Waals surface area contributed by atoms with Crippen molar-refractivity contribution in [1.29, 1.82) is 0 Å². The zero-order valence-electron chi connectivity index (χ0n) is 27.9. The van der Waals surface area contributed by atoms with Crippen LogP contribution in [-0.4, -0.2) is 87.3 Å². The van der Waals surface area contributed by atoms with Crippen molar-refractivity contribution >= 4 is 33.0 Å². The number of benzene rings is 1. The third-order valence-electron chi connectivity index (χ3n) is 7.50. The molecule has 5 rings (SSSR count). The molecule has 0 bridgehead atoms. The molecule has 0 fully saturated rings. The van der Waals surface area contributed by atoms with E-state index in [9.17, 15) is 22.8 Å². The number of hydrogen-bond donors (Lipinski definition) is 1. The van der Waals surface area contributed by atoms with E-state index in [1.807, 2.05) is 13.8 Å². The molecule has 4 aromatic heterocycles. The number of carbonyl (C=O) groups excluding carboxylic acids is 2. The summed E-state index contributed by atoms with van der Waals surface area (Å²) in [7, 11) is -2.66. The fraction of sp³-hybridized carbons (Fsp3) is 0.324. The van der Waals surface area contributed by atoms with Crippen LogP contribution in [0.2, 0.25) is 0 Å². The summed E-state index contributed by atoms with van der Waals surface area (Å²) in [6, 6.07) is 10.5. The molecular weight excluding hydrogens is 666 g/mol. The molecule has 4 heterocycles. The highest BCUT2D eigenvalue weighted by Crippen LogP contribution is 2.32. The Labute approximate surface area is 288 Å². The van der Waals surface area contributed by atoms with E-state index in [0.717, 1.165) is 10.7 Å². The standard InChI is InChI=1S/C34H37N7O8S/c1-4-8-27-29-30(40(3)39-27)32(42)38-31(37-29)26-20-25(11-12-28(26)47-17-5-2)50(45,46)41(15-18-48-33(43)23-9-6-13-35-21-23)16-19-49-34(44)24-10-7-14-36-22-24/h6-7,9-14,20-22H,4-5,8,15-19H2,1-3H3,(H,37,38,42).